The highest BCUT2D eigenvalue weighted by molar-refractivity contribution is 5.96. The molecule has 0 aliphatic heterocycles. The third-order valence-corrected chi connectivity index (χ3v) is 8.93. The Morgan fingerprint density at radius 3 is 1.57 bits per heavy atom. The molecular formula is C35H62N10O9. The van der Waals surface area contributed by atoms with Crippen molar-refractivity contribution >= 4 is 41.5 Å². The summed E-state index contributed by atoms with van der Waals surface area (Å²) in [7, 11) is 0. The van der Waals surface area contributed by atoms with Gasteiger partial charge in [0, 0.05) is 24.7 Å². The topological polar surface area (TPSA) is 327 Å². The molecule has 1 heterocycles. The molecule has 7 unspecified atom stereocenters. The number of nitrogens with two attached hydrogens (primary N) is 3. The van der Waals surface area contributed by atoms with Gasteiger partial charge in [-0.1, -0.05) is 34.1 Å². The SMILES string of the molecule is CCC(C)C(N)C(=O)NC(CC(C)C)C(=O)NC(CCCCN)C(=O)NC(CCC(=O)O)C(=O)NC(CCCCN)C(=O)NC(Cc1cnc[nH]1)C(=O)O. The summed E-state index contributed by atoms with van der Waals surface area (Å²) in [6.45, 7) is 8.04. The summed E-state index contributed by atoms with van der Waals surface area (Å²) in [6, 6.07) is -7.20. The van der Waals surface area contributed by atoms with E-state index in [0.29, 0.717) is 50.9 Å². The van der Waals surface area contributed by atoms with E-state index in [1.165, 1.54) is 12.5 Å². The van der Waals surface area contributed by atoms with Crippen LogP contribution < -0.4 is 43.8 Å². The van der Waals surface area contributed by atoms with Crippen LogP contribution in [0.1, 0.15) is 97.6 Å². The molecule has 0 bridgehead atoms. The van der Waals surface area contributed by atoms with E-state index in [-0.39, 0.29) is 43.9 Å². The molecule has 0 aliphatic carbocycles. The number of nitrogens with zero attached hydrogens (tertiary/aromatic N) is 1. The highest BCUT2D eigenvalue weighted by Crippen LogP contribution is 2.12. The molecule has 1 aromatic rings. The number of nitrogens with one attached hydrogen (secondary N) is 6. The molecule has 1 rings (SSSR count). The Balaban J connectivity index is 3.30. The number of aromatic amines is 1. The van der Waals surface area contributed by atoms with Crippen LogP contribution in [-0.4, -0.2) is 111 Å². The Kier molecular flexibility index (Phi) is 22.3. The predicted octanol–water partition coefficient (Wildman–Crippen LogP) is -0.997. The standard InChI is InChI=1S/C35H62N10O9/c1-5-21(4)29(38)34(52)44-26(16-20(2)3)33(51)42-23(10-6-8-14-36)30(48)43-25(12-13-28(46)47)32(50)41-24(11-7-9-15-37)31(49)45-27(35(53)54)17-22-18-39-19-40-22/h18-21,23-27,29H,5-17,36-38H2,1-4H3,(H,39,40)(H,41,50)(H,42,51)(H,43,48)(H,44,52)(H,45,49)(H,46,47)(H,53,54). The molecule has 5 amide bonds. The lowest BCUT2D eigenvalue weighted by Gasteiger charge is -2.28. The summed E-state index contributed by atoms with van der Waals surface area (Å²) in [5, 5.41) is 32.1. The number of carbonyl (C=O) groups excluding carboxylic acids is 5. The highest BCUT2D eigenvalue weighted by atomic mass is 16.4. The summed E-state index contributed by atoms with van der Waals surface area (Å²) in [5.41, 5.74) is 17.8. The second-order valence-electron chi connectivity index (χ2n) is 14.0. The fourth-order valence-electron chi connectivity index (χ4n) is 5.45. The lowest BCUT2D eigenvalue weighted by molar-refractivity contribution is -0.142. The number of hydrogen-bond acceptors (Lipinski definition) is 11. The third-order valence-electron chi connectivity index (χ3n) is 8.93. The Morgan fingerprint density at radius 1 is 0.704 bits per heavy atom. The van der Waals surface area contributed by atoms with Gasteiger partial charge >= 0.3 is 11.9 Å². The Bertz CT molecular complexity index is 1340. The van der Waals surface area contributed by atoms with E-state index in [9.17, 15) is 43.8 Å². The largest absolute Gasteiger partial charge is 0.481 e. The molecule has 0 fully saturated rings. The van der Waals surface area contributed by atoms with Gasteiger partial charge in [0.05, 0.1) is 12.4 Å². The van der Waals surface area contributed by atoms with Gasteiger partial charge in [-0.3, -0.25) is 28.8 Å². The summed E-state index contributed by atoms with van der Waals surface area (Å²) < 4.78 is 0. The first-order valence-corrected chi connectivity index (χ1v) is 18.6. The van der Waals surface area contributed by atoms with E-state index in [0.717, 1.165) is 0 Å². The number of amides is 5. The molecular weight excluding hydrogens is 704 g/mol. The zero-order chi connectivity index (χ0) is 40.8. The average molecular weight is 767 g/mol. The molecule has 0 spiro atoms. The van der Waals surface area contributed by atoms with Gasteiger partial charge in [-0.05, 0) is 76.3 Å². The molecule has 19 nitrogen and oxygen atoms in total. The van der Waals surface area contributed by atoms with Gasteiger partial charge < -0.3 is 59.0 Å². The van der Waals surface area contributed by atoms with Gasteiger partial charge in [0.15, 0.2) is 0 Å². The molecule has 19 heteroatoms. The fraction of sp³-hybridized carbons (Fsp3) is 0.714. The maximum atomic E-state index is 13.8. The van der Waals surface area contributed by atoms with Crippen LogP contribution in [0.15, 0.2) is 12.5 Å². The molecule has 0 aromatic carbocycles. The monoisotopic (exact) mass is 766 g/mol. The van der Waals surface area contributed by atoms with E-state index >= 15 is 0 Å². The third kappa shape index (κ3) is 17.9. The van der Waals surface area contributed by atoms with Crippen LogP contribution in [0.5, 0.6) is 0 Å². The van der Waals surface area contributed by atoms with Gasteiger partial charge in [-0.15, -0.1) is 0 Å². The summed E-state index contributed by atoms with van der Waals surface area (Å²) in [6.07, 6.45) is 4.59. The number of carboxylic acid groups (broad SMARTS) is 2. The first-order valence-electron chi connectivity index (χ1n) is 18.6. The van der Waals surface area contributed by atoms with Gasteiger partial charge in [0.25, 0.3) is 0 Å². The molecule has 7 atom stereocenters. The van der Waals surface area contributed by atoms with Crippen LogP contribution in [0, 0.1) is 11.8 Å². The number of H-pyrrole nitrogens is 1. The normalized spacial score (nSPS) is 15.1. The Hall–Kier alpha value is -4.62. The molecule has 0 aliphatic rings. The van der Waals surface area contributed by atoms with Gasteiger partial charge in [0.1, 0.15) is 30.2 Å². The van der Waals surface area contributed by atoms with Crippen molar-refractivity contribution in [3.05, 3.63) is 18.2 Å². The van der Waals surface area contributed by atoms with Crippen LogP contribution in [0.3, 0.4) is 0 Å². The van der Waals surface area contributed by atoms with Crippen molar-refractivity contribution in [2.24, 2.45) is 29.0 Å². The molecule has 0 saturated heterocycles. The van der Waals surface area contributed by atoms with E-state index in [1.807, 2.05) is 27.7 Å². The zero-order valence-electron chi connectivity index (χ0n) is 31.9. The summed E-state index contributed by atoms with van der Waals surface area (Å²) >= 11 is 0. The van der Waals surface area contributed by atoms with Gasteiger partial charge in [-0.25, -0.2) is 9.78 Å². The summed E-state index contributed by atoms with van der Waals surface area (Å²) in [5.74, 6) is -6.42. The van der Waals surface area contributed by atoms with Crippen molar-refractivity contribution in [2.45, 2.75) is 135 Å². The highest BCUT2D eigenvalue weighted by Gasteiger charge is 2.33. The number of carboxylic acids is 2. The lowest BCUT2D eigenvalue weighted by Crippen LogP contribution is -2.59. The van der Waals surface area contributed by atoms with Crippen LogP contribution in [0.2, 0.25) is 0 Å². The number of carbonyl (C=O) groups is 7. The molecule has 0 radical (unpaired) electrons. The number of hydrogen-bond donors (Lipinski definition) is 11. The summed E-state index contributed by atoms with van der Waals surface area (Å²) in [4.78, 5) is 97.6. The van der Waals surface area contributed by atoms with Crippen LogP contribution in [0.4, 0.5) is 0 Å². The van der Waals surface area contributed by atoms with Gasteiger partial charge in [-0.2, -0.15) is 0 Å². The molecule has 1 aromatic heterocycles. The van der Waals surface area contributed by atoms with Crippen molar-refractivity contribution in [2.75, 3.05) is 13.1 Å². The lowest BCUT2D eigenvalue weighted by atomic mass is 9.97. The minimum atomic E-state index is -1.47. The van der Waals surface area contributed by atoms with Crippen molar-refractivity contribution in [3.8, 4) is 0 Å². The van der Waals surface area contributed by atoms with Crippen molar-refractivity contribution in [1.82, 2.24) is 36.6 Å². The van der Waals surface area contributed by atoms with Crippen molar-refractivity contribution in [3.63, 3.8) is 0 Å². The van der Waals surface area contributed by atoms with Crippen LogP contribution in [-0.2, 0) is 40.0 Å². The van der Waals surface area contributed by atoms with Gasteiger partial charge in [0.2, 0.25) is 29.5 Å². The first kappa shape index (κ1) is 47.4. The van der Waals surface area contributed by atoms with Crippen molar-refractivity contribution < 1.29 is 43.8 Å². The minimum Gasteiger partial charge on any atom is -0.481 e. The van der Waals surface area contributed by atoms with Crippen LogP contribution in [0.25, 0.3) is 0 Å². The number of imidazole rings is 1. The molecule has 0 saturated carbocycles. The molecule has 14 N–H and O–H groups in total. The minimum absolute atomic E-state index is 0.0271. The van der Waals surface area contributed by atoms with E-state index in [1.54, 1.807) is 0 Å². The van der Waals surface area contributed by atoms with Crippen LogP contribution >= 0.6 is 0 Å². The number of rotatable bonds is 28. The first-order chi connectivity index (χ1) is 25.5. The van der Waals surface area contributed by atoms with E-state index in [4.69, 9.17) is 17.2 Å². The quantitative estimate of drug-likeness (QED) is 0.0457. The molecule has 54 heavy (non-hydrogen) atoms. The Morgan fingerprint density at radius 2 is 1.17 bits per heavy atom. The average Bonchev–Trinajstić information content (AvgIpc) is 3.63. The maximum absolute atomic E-state index is 13.8. The van der Waals surface area contributed by atoms with E-state index < -0.39 is 84.1 Å². The Labute approximate surface area is 316 Å². The molecule has 306 valence electrons. The maximum Gasteiger partial charge on any atom is 0.326 e. The zero-order valence-corrected chi connectivity index (χ0v) is 31.9. The van der Waals surface area contributed by atoms with E-state index in [2.05, 4.69) is 36.6 Å². The second-order valence-corrected chi connectivity index (χ2v) is 14.0. The van der Waals surface area contributed by atoms with Crippen molar-refractivity contribution in [1.29, 1.82) is 0 Å². The predicted molar refractivity (Wildman–Crippen MR) is 199 cm³/mol. The second kappa shape index (κ2) is 25.4. The number of aromatic nitrogens is 2. The fourth-order valence-corrected chi connectivity index (χ4v) is 5.45. The smallest absolute Gasteiger partial charge is 0.326 e. The number of unbranched alkanes of at least 4 members (excludes halogenated alkanes) is 2. The number of aliphatic carboxylic acids is 2.